The Kier molecular flexibility index (Phi) is 7.08. The van der Waals surface area contributed by atoms with E-state index in [4.69, 9.17) is 0 Å². The van der Waals surface area contributed by atoms with Crippen LogP contribution in [0.5, 0.6) is 0 Å². The van der Waals surface area contributed by atoms with Gasteiger partial charge in [0.05, 0.1) is 0 Å². The Hall–Kier alpha value is 0.156. The molecule has 0 aromatic heterocycles. The number of hydrogen-bond acceptors (Lipinski definition) is 0. The quantitative estimate of drug-likeness (QED) is 0.645. The van der Waals surface area contributed by atoms with Crippen molar-refractivity contribution < 1.29 is 16.8 Å². The molecule has 1 aromatic rings. The smallest absolute Gasteiger partial charge is 0 e. The molecular weight excluding hydrogens is 306 g/mol. The summed E-state index contributed by atoms with van der Waals surface area (Å²) in [7, 11) is 0.108. The van der Waals surface area contributed by atoms with E-state index in [-0.39, 0.29) is 24.7 Å². The van der Waals surface area contributed by atoms with Crippen molar-refractivity contribution in [2.24, 2.45) is 0 Å². The molecule has 3 rings (SSSR count). The van der Waals surface area contributed by atoms with E-state index in [1.54, 1.807) is 5.30 Å². The molecule has 2 saturated carbocycles. The Balaban J connectivity index is 0.00000147. The topological polar surface area (TPSA) is 0 Å². The zero-order chi connectivity index (χ0) is 12.9. The van der Waals surface area contributed by atoms with E-state index < -0.39 is 0 Å². The summed E-state index contributed by atoms with van der Waals surface area (Å²) in [5, 5.41) is 1.70. The summed E-state index contributed by atoms with van der Waals surface area (Å²) in [6.07, 6.45) is 15.0. The SMILES string of the molecule is [Co].c1ccc(P(C2CCCCC2)C2CCCCC2)cc1. The fourth-order valence-corrected chi connectivity index (χ4v) is 7.84. The van der Waals surface area contributed by atoms with E-state index in [0.717, 1.165) is 11.3 Å². The van der Waals surface area contributed by atoms with Gasteiger partial charge in [0.25, 0.3) is 0 Å². The molecule has 2 heteroatoms. The fourth-order valence-electron chi connectivity index (χ4n) is 4.04. The van der Waals surface area contributed by atoms with Crippen molar-refractivity contribution >= 4 is 13.2 Å². The van der Waals surface area contributed by atoms with Gasteiger partial charge in [0, 0.05) is 16.8 Å². The molecule has 0 saturated heterocycles. The second-order valence-corrected chi connectivity index (χ2v) is 9.12. The molecule has 0 bridgehead atoms. The van der Waals surface area contributed by atoms with Crippen LogP contribution in [0.2, 0.25) is 0 Å². The molecule has 0 amide bonds. The van der Waals surface area contributed by atoms with Gasteiger partial charge in [-0.2, -0.15) is 0 Å². The molecule has 0 unspecified atom stereocenters. The van der Waals surface area contributed by atoms with Crippen molar-refractivity contribution in [2.45, 2.75) is 75.5 Å². The van der Waals surface area contributed by atoms with Crippen LogP contribution in [0.15, 0.2) is 30.3 Å². The van der Waals surface area contributed by atoms with Gasteiger partial charge in [-0.05, 0) is 42.3 Å². The molecular formula is C18H27CoP. The third-order valence-electron chi connectivity index (χ3n) is 4.99. The molecule has 1 aromatic carbocycles. The Bertz CT molecular complexity index is 348. The van der Waals surface area contributed by atoms with Gasteiger partial charge in [0.1, 0.15) is 0 Å². The standard InChI is InChI=1S/C18H27P.Co/c1-4-10-16(11-5-1)19(17-12-6-2-7-13-17)18-14-8-3-9-15-18;/h1,4-5,10-11,17-18H,2-3,6-9,12-15H2;. The van der Waals surface area contributed by atoms with Gasteiger partial charge in [0.2, 0.25) is 0 Å². The summed E-state index contributed by atoms with van der Waals surface area (Å²) >= 11 is 0. The largest absolute Gasteiger partial charge is 0.0690 e. The van der Waals surface area contributed by atoms with Crippen LogP contribution in [0.25, 0.3) is 0 Å². The first-order chi connectivity index (χ1) is 9.45. The van der Waals surface area contributed by atoms with E-state index in [1.807, 2.05) is 0 Å². The van der Waals surface area contributed by atoms with Crippen LogP contribution >= 0.6 is 7.92 Å². The zero-order valence-electron chi connectivity index (χ0n) is 12.4. The molecule has 0 heterocycles. The second kappa shape index (κ2) is 8.56. The predicted octanol–water partition coefficient (Wildman–Crippen LogP) is 5.46. The van der Waals surface area contributed by atoms with Crippen molar-refractivity contribution in [2.75, 3.05) is 0 Å². The molecule has 0 atom stereocenters. The van der Waals surface area contributed by atoms with Crippen LogP contribution in [0, 0.1) is 0 Å². The summed E-state index contributed by atoms with van der Waals surface area (Å²) in [6.45, 7) is 0. The molecule has 1 radical (unpaired) electrons. The van der Waals surface area contributed by atoms with E-state index in [9.17, 15) is 0 Å². The van der Waals surface area contributed by atoms with Gasteiger partial charge in [-0.1, -0.05) is 76.8 Å². The normalized spacial score (nSPS) is 21.6. The van der Waals surface area contributed by atoms with Gasteiger partial charge in [-0.25, -0.2) is 0 Å². The Morgan fingerprint density at radius 1 is 0.650 bits per heavy atom. The maximum Gasteiger partial charge on any atom is 0 e. The van der Waals surface area contributed by atoms with Gasteiger partial charge < -0.3 is 0 Å². The molecule has 2 aliphatic rings. The average Bonchev–Trinajstić information content (AvgIpc) is 2.51. The monoisotopic (exact) mass is 333 g/mol. The summed E-state index contributed by atoms with van der Waals surface area (Å²) in [5.41, 5.74) is 2.07. The molecule has 0 nitrogen and oxygen atoms in total. The molecule has 20 heavy (non-hydrogen) atoms. The van der Waals surface area contributed by atoms with Crippen LogP contribution in [0.4, 0.5) is 0 Å². The molecule has 0 N–H and O–H groups in total. The van der Waals surface area contributed by atoms with Crippen molar-refractivity contribution in [3.8, 4) is 0 Å². The minimum atomic E-state index is 0. The number of rotatable bonds is 3. The zero-order valence-corrected chi connectivity index (χ0v) is 14.3. The number of hydrogen-bond donors (Lipinski definition) is 0. The Morgan fingerprint density at radius 2 is 1.10 bits per heavy atom. The molecule has 113 valence electrons. The fraction of sp³-hybridized carbons (Fsp3) is 0.667. The molecule has 2 fully saturated rings. The third-order valence-corrected chi connectivity index (χ3v) is 8.49. The van der Waals surface area contributed by atoms with Crippen LogP contribution in [0.1, 0.15) is 64.2 Å². The number of benzene rings is 1. The van der Waals surface area contributed by atoms with E-state index in [2.05, 4.69) is 30.3 Å². The maximum absolute atomic E-state index is 2.43. The van der Waals surface area contributed by atoms with Crippen LogP contribution in [0.3, 0.4) is 0 Å². The first-order valence-electron chi connectivity index (χ1n) is 8.28. The van der Waals surface area contributed by atoms with Crippen molar-refractivity contribution in [1.29, 1.82) is 0 Å². The summed E-state index contributed by atoms with van der Waals surface area (Å²) in [6, 6.07) is 11.6. The van der Waals surface area contributed by atoms with Crippen molar-refractivity contribution in [1.82, 2.24) is 0 Å². The third kappa shape index (κ3) is 4.09. The minimum Gasteiger partial charge on any atom is -0.0690 e. The maximum atomic E-state index is 2.43. The van der Waals surface area contributed by atoms with E-state index in [1.165, 1.54) is 64.2 Å². The first kappa shape index (κ1) is 16.5. The van der Waals surface area contributed by atoms with Gasteiger partial charge >= 0.3 is 0 Å². The minimum absolute atomic E-state index is 0. The van der Waals surface area contributed by atoms with Gasteiger partial charge in [-0.3, -0.25) is 0 Å². The summed E-state index contributed by atoms with van der Waals surface area (Å²) in [4.78, 5) is 0. The first-order valence-corrected chi connectivity index (χ1v) is 9.76. The van der Waals surface area contributed by atoms with Crippen LogP contribution in [-0.4, -0.2) is 11.3 Å². The van der Waals surface area contributed by atoms with E-state index in [0.29, 0.717) is 0 Å². The van der Waals surface area contributed by atoms with Crippen LogP contribution < -0.4 is 5.30 Å². The van der Waals surface area contributed by atoms with E-state index >= 15 is 0 Å². The Labute approximate surface area is 136 Å². The summed E-state index contributed by atoms with van der Waals surface area (Å²) in [5.74, 6) is 0. The van der Waals surface area contributed by atoms with Crippen molar-refractivity contribution in [3.05, 3.63) is 30.3 Å². The molecule has 0 aliphatic heterocycles. The van der Waals surface area contributed by atoms with Gasteiger partial charge in [0.15, 0.2) is 0 Å². The summed E-state index contributed by atoms with van der Waals surface area (Å²) < 4.78 is 0. The second-order valence-electron chi connectivity index (χ2n) is 6.33. The van der Waals surface area contributed by atoms with Gasteiger partial charge in [-0.15, -0.1) is 0 Å². The Morgan fingerprint density at radius 3 is 1.55 bits per heavy atom. The van der Waals surface area contributed by atoms with Crippen LogP contribution in [-0.2, 0) is 16.8 Å². The molecule has 0 spiro atoms. The predicted molar refractivity (Wildman–Crippen MR) is 86.7 cm³/mol. The molecule has 2 aliphatic carbocycles. The average molecular weight is 333 g/mol. The van der Waals surface area contributed by atoms with Crippen molar-refractivity contribution in [3.63, 3.8) is 0 Å².